The van der Waals surface area contributed by atoms with E-state index in [9.17, 15) is 4.79 Å². The standard InChI is InChI=1S/C12H22N4O/c1-4-10-11(8-16(3)15-10)14-12(17)9(2)6-5-7-13/h8-9H,4-7,13H2,1-3H3,(H,14,17). The van der Waals surface area contributed by atoms with Crippen molar-refractivity contribution in [3.8, 4) is 0 Å². The van der Waals surface area contributed by atoms with Gasteiger partial charge >= 0.3 is 0 Å². The maximum atomic E-state index is 11.9. The van der Waals surface area contributed by atoms with Gasteiger partial charge in [-0.25, -0.2) is 0 Å². The van der Waals surface area contributed by atoms with E-state index in [0.29, 0.717) is 6.54 Å². The van der Waals surface area contributed by atoms with Gasteiger partial charge < -0.3 is 11.1 Å². The van der Waals surface area contributed by atoms with Crippen LogP contribution in [0.1, 0.15) is 32.4 Å². The van der Waals surface area contributed by atoms with Gasteiger partial charge in [0, 0.05) is 19.2 Å². The second-order valence-corrected chi connectivity index (χ2v) is 4.34. The van der Waals surface area contributed by atoms with E-state index in [1.165, 1.54) is 0 Å². The first-order valence-corrected chi connectivity index (χ1v) is 6.12. The lowest BCUT2D eigenvalue weighted by Gasteiger charge is -2.11. The largest absolute Gasteiger partial charge is 0.330 e. The first kappa shape index (κ1) is 13.7. The molecular formula is C12H22N4O. The highest BCUT2D eigenvalue weighted by molar-refractivity contribution is 5.92. The van der Waals surface area contributed by atoms with Gasteiger partial charge in [-0.1, -0.05) is 13.8 Å². The molecule has 0 radical (unpaired) electrons. The van der Waals surface area contributed by atoms with Gasteiger partial charge in [-0.15, -0.1) is 0 Å². The predicted octanol–water partition coefficient (Wildman–Crippen LogP) is 1.30. The molecule has 1 amide bonds. The van der Waals surface area contributed by atoms with Gasteiger partial charge in [-0.05, 0) is 25.8 Å². The number of hydrogen-bond donors (Lipinski definition) is 2. The minimum atomic E-state index is -0.0107. The maximum absolute atomic E-state index is 11.9. The zero-order valence-corrected chi connectivity index (χ0v) is 10.9. The van der Waals surface area contributed by atoms with Crippen LogP contribution < -0.4 is 11.1 Å². The number of nitrogens with zero attached hydrogens (tertiary/aromatic N) is 2. The van der Waals surface area contributed by atoms with Crippen molar-refractivity contribution in [2.75, 3.05) is 11.9 Å². The normalized spacial score (nSPS) is 12.5. The van der Waals surface area contributed by atoms with Crippen molar-refractivity contribution in [3.05, 3.63) is 11.9 Å². The van der Waals surface area contributed by atoms with Crippen LogP contribution in [0.4, 0.5) is 5.69 Å². The van der Waals surface area contributed by atoms with E-state index in [0.717, 1.165) is 30.6 Å². The molecule has 0 aliphatic heterocycles. The van der Waals surface area contributed by atoms with Gasteiger partial charge in [0.2, 0.25) is 5.91 Å². The second kappa shape index (κ2) is 6.39. The Morgan fingerprint density at radius 3 is 2.94 bits per heavy atom. The number of amides is 1. The number of carbonyl (C=O) groups excluding carboxylic acids is 1. The molecule has 0 fully saturated rings. The molecular weight excluding hydrogens is 216 g/mol. The van der Waals surface area contributed by atoms with Crippen molar-refractivity contribution in [1.29, 1.82) is 0 Å². The molecule has 1 unspecified atom stereocenters. The van der Waals surface area contributed by atoms with Crippen LogP contribution in [0.15, 0.2) is 6.20 Å². The highest BCUT2D eigenvalue weighted by atomic mass is 16.1. The molecule has 17 heavy (non-hydrogen) atoms. The summed E-state index contributed by atoms with van der Waals surface area (Å²) < 4.78 is 1.72. The highest BCUT2D eigenvalue weighted by Gasteiger charge is 2.15. The average Bonchev–Trinajstić information content (AvgIpc) is 2.66. The van der Waals surface area contributed by atoms with Gasteiger partial charge in [0.05, 0.1) is 11.4 Å². The van der Waals surface area contributed by atoms with Gasteiger partial charge in [-0.2, -0.15) is 5.10 Å². The van der Waals surface area contributed by atoms with E-state index in [2.05, 4.69) is 10.4 Å². The van der Waals surface area contributed by atoms with Crippen LogP contribution >= 0.6 is 0 Å². The molecule has 5 nitrogen and oxygen atoms in total. The molecule has 0 aliphatic rings. The third-order valence-corrected chi connectivity index (χ3v) is 2.79. The number of anilines is 1. The smallest absolute Gasteiger partial charge is 0.227 e. The topological polar surface area (TPSA) is 72.9 Å². The second-order valence-electron chi connectivity index (χ2n) is 4.34. The Morgan fingerprint density at radius 2 is 2.35 bits per heavy atom. The lowest BCUT2D eigenvalue weighted by molar-refractivity contribution is -0.119. The Labute approximate surface area is 102 Å². The molecule has 0 bridgehead atoms. The lowest BCUT2D eigenvalue weighted by Crippen LogP contribution is -2.21. The Hall–Kier alpha value is -1.36. The fourth-order valence-electron chi connectivity index (χ4n) is 1.71. The summed E-state index contributed by atoms with van der Waals surface area (Å²) in [6, 6.07) is 0. The molecule has 0 saturated carbocycles. The van der Waals surface area contributed by atoms with Crippen LogP contribution in [-0.4, -0.2) is 22.2 Å². The fourth-order valence-corrected chi connectivity index (χ4v) is 1.71. The van der Waals surface area contributed by atoms with E-state index in [-0.39, 0.29) is 11.8 Å². The summed E-state index contributed by atoms with van der Waals surface area (Å²) in [5.74, 6) is 0.0320. The summed E-state index contributed by atoms with van der Waals surface area (Å²) in [5, 5.41) is 7.21. The van der Waals surface area contributed by atoms with E-state index >= 15 is 0 Å². The van der Waals surface area contributed by atoms with Crippen molar-refractivity contribution in [3.63, 3.8) is 0 Å². The minimum Gasteiger partial charge on any atom is -0.330 e. The van der Waals surface area contributed by atoms with Crippen molar-refractivity contribution >= 4 is 11.6 Å². The number of aromatic nitrogens is 2. The van der Waals surface area contributed by atoms with Crippen LogP contribution in [-0.2, 0) is 18.3 Å². The zero-order chi connectivity index (χ0) is 12.8. The van der Waals surface area contributed by atoms with Crippen LogP contribution in [0.3, 0.4) is 0 Å². The van der Waals surface area contributed by atoms with Crippen molar-refractivity contribution < 1.29 is 4.79 Å². The Kier molecular flexibility index (Phi) is 5.15. The third-order valence-electron chi connectivity index (χ3n) is 2.79. The summed E-state index contributed by atoms with van der Waals surface area (Å²) in [6.45, 7) is 4.58. The molecule has 1 rings (SSSR count). The number of nitrogens with one attached hydrogen (secondary N) is 1. The summed E-state index contributed by atoms with van der Waals surface area (Å²) >= 11 is 0. The monoisotopic (exact) mass is 238 g/mol. The van der Waals surface area contributed by atoms with Crippen LogP contribution in [0, 0.1) is 5.92 Å². The van der Waals surface area contributed by atoms with Gasteiger partial charge in [0.15, 0.2) is 0 Å². The van der Waals surface area contributed by atoms with Gasteiger partial charge in [0.1, 0.15) is 0 Å². The van der Waals surface area contributed by atoms with E-state index in [1.54, 1.807) is 4.68 Å². The molecule has 0 saturated heterocycles. The van der Waals surface area contributed by atoms with Crippen LogP contribution in [0.5, 0.6) is 0 Å². The quantitative estimate of drug-likeness (QED) is 0.784. The molecule has 0 spiro atoms. The maximum Gasteiger partial charge on any atom is 0.227 e. The summed E-state index contributed by atoms with van der Waals surface area (Å²) in [4.78, 5) is 11.9. The molecule has 0 aliphatic carbocycles. The average molecular weight is 238 g/mol. The first-order valence-electron chi connectivity index (χ1n) is 6.12. The number of carbonyl (C=O) groups is 1. The molecule has 96 valence electrons. The van der Waals surface area contributed by atoms with Crippen LogP contribution in [0.25, 0.3) is 0 Å². The predicted molar refractivity (Wildman–Crippen MR) is 68.7 cm³/mol. The zero-order valence-electron chi connectivity index (χ0n) is 10.9. The molecule has 1 heterocycles. The number of hydrogen-bond acceptors (Lipinski definition) is 3. The Morgan fingerprint density at radius 1 is 1.65 bits per heavy atom. The summed E-state index contributed by atoms with van der Waals surface area (Å²) in [6.07, 6.45) is 4.35. The van der Waals surface area contributed by atoms with Crippen molar-refractivity contribution in [2.45, 2.75) is 33.1 Å². The molecule has 0 aromatic carbocycles. The van der Waals surface area contributed by atoms with E-state index in [1.807, 2.05) is 27.1 Å². The number of nitrogens with two attached hydrogens (primary N) is 1. The molecule has 5 heteroatoms. The minimum absolute atomic E-state index is 0.0107. The molecule has 3 N–H and O–H groups in total. The van der Waals surface area contributed by atoms with Gasteiger partial charge in [0.25, 0.3) is 0 Å². The van der Waals surface area contributed by atoms with Crippen LogP contribution in [0.2, 0.25) is 0 Å². The third kappa shape index (κ3) is 3.85. The molecule has 1 atom stereocenters. The Balaban J connectivity index is 2.60. The fraction of sp³-hybridized carbons (Fsp3) is 0.667. The number of aryl methyl sites for hydroxylation is 2. The summed E-state index contributed by atoms with van der Waals surface area (Å²) in [5.41, 5.74) is 7.18. The number of rotatable bonds is 6. The molecule has 1 aromatic rings. The highest BCUT2D eigenvalue weighted by Crippen LogP contribution is 2.16. The van der Waals surface area contributed by atoms with E-state index in [4.69, 9.17) is 5.73 Å². The van der Waals surface area contributed by atoms with Crippen molar-refractivity contribution in [2.24, 2.45) is 18.7 Å². The lowest BCUT2D eigenvalue weighted by atomic mass is 10.0. The summed E-state index contributed by atoms with van der Waals surface area (Å²) in [7, 11) is 1.85. The van der Waals surface area contributed by atoms with Gasteiger partial charge in [-0.3, -0.25) is 9.48 Å². The van der Waals surface area contributed by atoms with Crippen molar-refractivity contribution in [1.82, 2.24) is 9.78 Å². The van der Waals surface area contributed by atoms with E-state index < -0.39 is 0 Å². The molecule has 1 aromatic heterocycles. The SMILES string of the molecule is CCc1nn(C)cc1NC(=O)C(C)CCCN. The first-order chi connectivity index (χ1) is 8.08. The Bertz CT molecular complexity index is 373.